The van der Waals surface area contributed by atoms with E-state index in [0.717, 1.165) is 70.6 Å². The van der Waals surface area contributed by atoms with Crippen LogP contribution in [0.3, 0.4) is 0 Å². The minimum absolute atomic E-state index is 0.161. The monoisotopic (exact) mass is 797 g/mol. The molecule has 1 atom stereocenters. The van der Waals surface area contributed by atoms with E-state index in [2.05, 4.69) is 36.6 Å². The zero-order chi connectivity index (χ0) is 40.5. The summed E-state index contributed by atoms with van der Waals surface area (Å²) in [5, 5.41) is 0. The Balaban J connectivity index is 3.91. The van der Waals surface area contributed by atoms with Gasteiger partial charge in [0.2, 0.25) is 0 Å². The summed E-state index contributed by atoms with van der Waals surface area (Å²) in [6.07, 6.45) is 44.2. The normalized spacial score (nSPS) is 12.7. The third-order valence-corrected chi connectivity index (χ3v) is 10.1. The fraction of sp³-hybridized carbons (Fsp3) is 0.800. The summed E-state index contributed by atoms with van der Waals surface area (Å²) in [6, 6.07) is 0. The fourth-order valence-corrected chi connectivity index (χ4v) is 6.59. The lowest BCUT2D eigenvalue weighted by atomic mass is 10.0. The van der Waals surface area contributed by atoms with E-state index in [4.69, 9.17) is 19.3 Å². The Morgan fingerprint density at radius 3 is 1.44 bits per heavy atom. The first-order valence-corrected chi connectivity index (χ1v) is 23.8. The number of allylic oxidation sites excluding steroid dienone is 6. The summed E-state index contributed by atoms with van der Waals surface area (Å²) in [6.45, 7) is 3.51. The highest BCUT2D eigenvalue weighted by atomic mass is 31.2. The lowest BCUT2D eigenvalue weighted by Crippen LogP contribution is -2.29. The van der Waals surface area contributed by atoms with Crippen molar-refractivity contribution in [3.05, 3.63) is 36.5 Å². The Kier molecular flexibility index (Phi) is 38.6. The van der Waals surface area contributed by atoms with Gasteiger partial charge in [0, 0.05) is 19.3 Å². The molecule has 10 heteroatoms. The molecule has 320 valence electrons. The third kappa shape index (κ3) is 42.9. The molecule has 0 aliphatic rings. The molecule has 0 fully saturated rings. The second-order valence-corrected chi connectivity index (χ2v) is 16.3. The Morgan fingerprint density at radius 1 is 0.509 bits per heavy atom. The van der Waals surface area contributed by atoms with E-state index in [-0.39, 0.29) is 25.2 Å². The predicted molar refractivity (Wildman–Crippen MR) is 226 cm³/mol. The van der Waals surface area contributed by atoms with Crippen molar-refractivity contribution in [1.82, 2.24) is 0 Å². The standard InChI is InChI=1S/C45H81O9P/c1-3-5-7-8-9-10-11-12-13-14-15-16-17-18-19-20-21-24-27-30-34-38-44(47)52-40-43(41-53-55(49,50)51)54-45(48)39-35-31-28-25-22-23-26-29-33-37-42(46)36-32-6-4-2/h12-13,26,29,33,37,43H,3-11,14-25,27-28,30-32,34-36,38-41H2,1-2H3,(H2,49,50,51)/b13-12-,29-26-,37-33+/t43-/m1/s1. The second-order valence-electron chi connectivity index (χ2n) is 15.1. The van der Waals surface area contributed by atoms with E-state index in [1.54, 1.807) is 6.08 Å². The van der Waals surface area contributed by atoms with Crippen molar-refractivity contribution < 1.29 is 42.7 Å². The van der Waals surface area contributed by atoms with E-state index in [1.807, 2.05) is 12.2 Å². The molecular weight excluding hydrogens is 715 g/mol. The van der Waals surface area contributed by atoms with Gasteiger partial charge in [-0.1, -0.05) is 166 Å². The molecule has 55 heavy (non-hydrogen) atoms. The molecule has 0 saturated carbocycles. The summed E-state index contributed by atoms with van der Waals surface area (Å²) in [5.74, 6) is -0.771. The molecule has 0 aromatic carbocycles. The van der Waals surface area contributed by atoms with Crippen LogP contribution in [0.2, 0.25) is 0 Å². The number of rotatable bonds is 41. The van der Waals surface area contributed by atoms with E-state index in [9.17, 15) is 18.9 Å². The van der Waals surface area contributed by atoms with Gasteiger partial charge >= 0.3 is 19.8 Å². The zero-order valence-corrected chi connectivity index (χ0v) is 36.0. The molecule has 0 saturated heterocycles. The number of hydrogen-bond donors (Lipinski definition) is 2. The van der Waals surface area contributed by atoms with Gasteiger partial charge in [0.05, 0.1) is 6.61 Å². The number of phosphoric ester groups is 1. The van der Waals surface area contributed by atoms with Crippen LogP contribution in [0.1, 0.15) is 213 Å². The number of hydrogen-bond acceptors (Lipinski definition) is 7. The highest BCUT2D eigenvalue weighted by Crippen LogP contribution is 2.36. The molecule has 0 aliphatic carbocycles. The maximum atomic E-state index is 12.4. The first-order chi connectivity index (χ1) is 26.7. The minimum atomic E-state index is -4.78. The van der Waals surface area contributed by atoms with E-state index < -0.39 is 32.5 Å². The smallest absolute Gasteiger partial charge is 0.462 e. The third-order valence-electron chi connectivity index (χ3n) is 9.61. The van der Waals surface area contributed by atoms with Gasteiger partial charge in [0.25, 0.3) is 0 Å². The van der Waals surface area contributed by atoms with Crippen LogP contribution in [-0.4, -0.2) is 46.8 Å². The van der Waals surface area contributed by atoms with Gasteiger partial charge in [-0.25, -0.2) is 4.57 Å². The summed E-state index contributed by atoms with van der Waals surface area (Å²) >= 11 is 0. The number of ketones is 1. The van der Waals surface area contributed by atoms with Crippen molar-refractivity contribution in [1.29, 1.82) is 0 Å². The van der Waals surface area contributed by atoms with Gasteiger partial charge in [-0.3, -0.25) is 18.9 Å². The SMILES string of the molecule is CCCCCCCC/C=C\CCCCCCCCCCCCCC(=O)OC[C@H](COP(=O)(O)O)OC(=O)CCCCCCC/C=C\C=C\C(=O)CCCCC. The van der Waals surface area contributed by atoms with Gasteiger partial charge in [-0.2, -0.15) is 0 Å². The molecule has 2 N–H and O–H groups in total. The zero-order valence-electron chi connectivity index (χ0n) is 35.1. The lowest BCUT2D eigenvalue weighted by Gasteiger charge is -2.18. The van der Waals surface area contributed by atoms with Crippen molar-refractivity contribution in [3.8, 4) is 0 Å². The van der Waals surface area contributed by atoms with Crippen molar-refractivity contribution in [3.63, 3.8) is 0 Å². The average Bonchev–Trinajstić information content (AvgIpc) is 3.15. The predicted octanol–water partition coefficient (Wildman–Crippen LogP) is 12.9. The number of esters is 2. The van der Waals surface area contributed by atoms with Crippen LogP contribution in [0.15, 0.2) is 36.5 Å². The number of carbonyl (C=O) groups excluding carboxylic acids is 3. The number of phosphoric acid groups is 1. The van der Waals surface area contributed by atoms with Gasteiger partial charge in [0.1, 0.15) is 6.61 Å². The molecule has 0 bridgehead atoms. The lowest BCUT2D eigenvalue weighted by molar-refractivity contribution is -0.161. The van der Waals surface area contributed by atoms with Crippen LogP contribution in [0.25, 0.3) is 0 Å². The highest BCUT2D eigenvalue weighted by molar-refractivity contribution is 7.46. The van der Waals surface area contributed by atoms with Crippen LogP contribution in [0, 0.1) is 0 Å². The van der Waals surface area contributed by atoms with Crippen LogP contribution >= 0.6 is 7.82 Å². The van der Waals surface area contributed by atoms with Crippen molar-refractivity contribution in [2.45, 2.75) is 219 Å². The first kappa shape index (κ1) is 52.9. The average molecular weight is 797 g/mol. The molecule has 0 rings (SSSR count). The topological polar surface area (TPSA) is 136 Å². The number of unbranched alkanes of at least 4 members (excludes halogenated alkanes) is 24. The molecule has 0 spiro atoms. The van der Waals surface area contributed by atoms with E-state index in [0.29, 0.717) is 19.3 Å². The molecule has 9 nitrogen and oxygen atoms in total. The highest BCUT2D eigenvalue weighted by Gasteiger charge is 2.23. The van der Waals surface area contributed by atoms with Gasteiger partial charge < -0.3 is 19.3 Å². The second kappa shape index (κ2) is 40.1. The van der Waals surface area contributed by atoms with Crippen molar-refractivity contribution >= 4 is 25.5 Å². The molecule has 0 unspecified atom stereocenters. The number of carbonyl (C=O) groups is 3. The molecule has 0 amide bonds. The Morgan fingerprint density at radius 2 is 0.927 bits per heavy atom. The maximum Gasteiger partial charge on any atom is 0.469 e. The Hall–Kier alpha value is -2.06. The summed E-state index contributed by atoms with van der Waals surface area (Å²) in [7, 11) is -4.78. The van der Waals surface area contributed by atoms with Crippen molar-refractivity contribution in [2.24, 2.45) is 0 Å². The van der Waals surface area contributed by atoms with Gasteiger partial charge in [0.15, 0.2) is 11.9 Å². The van der Waals surface area contributed by atoms with Crippen LogP contribution in [-0.2, 0) is 32.9 Å². The first-order valence-electron chi connectivity index (χ1n) is 22.2. The molecule has 0 heterocycles. The minimum Gasteiger partial charge on any atom is -0.462 e. The van der Waals surface area contributed by atoms with Crippen LogP contribution < -0.4 is 0 Å². The maximum absolute atomic E-state index is 12.4. The summed E-state index contributed by atoms with van der Waals surface area (Å²) in [5.41, 5.74) is 0. The Labute approximate surface area is 336 Å². The van der Waals surface area contributed by atoms with Gasteiger partial charge in [-0.05, 0) is 63.9 Å². The molecule has 0 radical (unpaired) electrons. The van der Waals surface area contributed by atoms with Crippen molar-refractivity contribution in [2.75, 3.05) is 13.2 Å². The largest absolute Gasteiger partial charge is 0.469 e. The molecule has 0 aromatic rings. The summed E-state index contributed by atoms with van der Waals surface area (Å²) in [4.78, 5) is 54.6. The molecule has 0 aromatic heterocycles. The Bertz CT molecular complexity index is 1050. The van der Waals surface area contributed by atoms with E-state index >= 15 is 0 Å². The quantitative estimate of drug-likeness (QED) is 0.0155. The number of ether oxygens (including phenoxy) is 2. The van der Waals surface area contributed by atoms with Crippen LogP contribution in [0.4, 0.5) is 0 Å². The fourth-order valence-electron chi connectivity index (χ4n) is 6.23. The van der Waals surface area contributed by atoms with Crippen LogP contribution in [0.5, 0.6) is 0 Å². The van der Waals surface area contributed by atoms with E-state index in [1.165, 1.54) is 96.3 Å². The molecular formula is C45H81O9P. The summed E-state index contributed by atoms with van der Waals surface area (Å²) < 4.78 is 26.4. The molecule has 0 aliphatic heterocycles. The van der Waals surface area contributed by atoms with Gasteiger partial charge in [-0.15, -0.1) is 0 Å².